The van der Waals surface area contributed by atoms with E-state index in [1.165, 1.54) is 0 Å². The summed E-state index contributed by atoms with van der Waals surface area (Å²) in [7, 11) is 0. The van der Waals surface area contributed by atoms with Gasteiger partial charge in [-0.2, -0.15) is 0 Å². The average molecular weight is 463 g/mol. The van der Waals surface area contributed by atoms with Crippen LogP contribution in [0, 0.1) is 16.2 Å². The molecular formula is C21H42N4O7. The summed E-state index contributed by atoms with van der Waals surface area (Å²) in [5, 5.41) is 32.4. The van der Waals surface area contributed by atoms with Crippen LogP contribution in [0.2, 0.25) is 0 Å². The smallest absolute Gasteiger partial charge is 0.252 e. The van der Waals surface area contributed by atoms with E-state index in [2.05, 4.69) is 10.7 Å². The Morgan fingerprint density at radius 3 is 2.16 bits per heavy atom. The molecule has 0 aromatic rings. The van der Waals surface area contributed by atoms with Gasteiger partial charge < -0.3 is 35.8 Å². The molecule has 0 spiro atoms. The molecule has 32 heavy (non-hydrogen) atoms. The number of carbonyl (C=O) groups excluding carboxylic acids is 2. The third-order valence-electron chi connectivity index (χ3n) is 7.21. The molecule has 6 atom stereocenters. The molecule has 2 amide bonds. The molecule has 1 fully saturated rings. The van der Waals surface area contributed by atoms with Gasteiger partial charge in [0, 0.05) is 18.6 Å². The van der Waals surface area contributed by atoms with Crippen LogP contribution in [0.4, 0.5) is 0 Å². The Morgan fingerprint density at radius 2 is 1.62 bits per heavy atom. The molecule has 188 valence electrons. The number of rotatable bonds is 10. The van der Waals surface area contributed by atoms with Crippen molar-refractivity contribution in [1.29, 1.82) is 0 Å². The molecule has 0 aromatic heterocycles. The zero-order valence-corrected chi connectivity index (χ0v) is 20.2. The van der Waals surface area contributed by atoms with Gasteiger partial charge in [0.1, 0.15) is 24.5 Å². The summed E-state index contributed by atoms with van der Waals surface area (Å²) in [6.45, 7) is 14.1. The third kappa shape index (κ3) is 6.37. The number of aliphatic hydroxyl groups excluding tert-OH is 3. The number of nitrogens with one attached hydrogen (secondary N) is 2. The first-order chi connectivity index (χ1) is 14.5. The van der Waals surface area contributed by atoms with Crippen LogP contribution in [0.3, 0.4) is 0 Å². The lowest BCUT2D eigenvalue weighted by atomic mass is 9.65. The molecule has 0 saturated carbocycles. The van der Waals surface area contributed by atoms with Crippen LogP contribution in [0.15, 0.2) is 0 Å². The van der Waals surface area contributed by atoms with E-state index in [1.807, 2.05) is 34.6 Å². The van der Waals surface area contributed by atoms with Gasteiger partial charge in [0.25, 0.3) is 5.91 Å². The number of ether oxygens (including phenoxy) is 2. The molecule has 11 heteroatoms. The van der Waals surface area contributed by atoms with Crippen LogP contribution >= 0.6 is 0 Å². The highest BCUT2D eigenvalue weighted by molar-refractivity contribution is 5.82. The largest absolute Gasteiger partial charge is 0.387 e. The monoisotopic (exact) mass is 462 g/mol. The Labute approximate surface area is 190 Å². The van der Waals surface area contributed by atoms with E-state index in [9.17, 15) is 24.9 Å². The van der Waals surface area contributed by atoms with E-state index < -0.39 is 52.8 Å². The van der Waals surface area contributed by atoms with E-state index in [0.29, 0.717) is 13.0 Å². The lowest BCUT2D eigenvalue weighted by Gasteiger charge is -2.46. The van der Waals surface area contributed by atoms with Crippen molar-refractivity contribution < 1.29 is 34.4 Å². The number of hydrogen-bond donors (Lipinski definition) is 7. The quantitative estimate of drug-likeness (QED) is 0.118. The van der Waals surface area contributed by atoms with Crippen molar-refractivity contribution in [2.45, 2.75) is 91.6 Å². The van der Waals surface area contributed by atoms with Crippen molar-refractivity contribution in [3.05, 3.63) is 0 Å². The molecule has 0 radical (unpaired) electrons. The van der Waals surface area contributed by atoms with Crippen LogP contribution in [-0.4, -0.2) is 77.0 Å². The minimum Gasteiger partial charge on any atom is -0.387 e. The van der Waals surface area contributed by atoms with Crippen molar-refractivity contribution in [2.24, 2.45) is 27.8 Å². The summed E-state index contributed by atoms with van der Waals surface area (Å²) in [4.78, 5) is 24.4. The van der Waals surface area contributed by atoms with Gasteiger partial charge in [-0.15, -0.1) is 0 Å². The van der Waals surface area contributed by atoms with E-state index in [1.54, 1.807) is 13.8 Å². The maximum absolute atomic E-state index is 12.6. The van der Waals surface area contributed by atoms with Crippen molar-refractivity contribution in [3.63, 3.8) is 0 Å². The predicted octanol–water partition coefficient (Wildman–Crippen LogP) is -1.27. The highest BCUT2D eigenvalue weighted by Crippen LogP contribution is 2.42. The Kier molecular flexibility index (Phi) is 9.62. The number of aliphatic hydroxyl groups is 3. The fraction of sp³-hybridized carbons (Fsp3) is 0.905. The van der Waals surface area contributed by atoms with Gasteiger partial charge in [-0.05, 0) is 24.2 Å². The van der Waals surface area contributed by atoms with Crippen LogP contribution in [-0.2, 0) is 19.1 Å². The van der Waals surface area contributed by atoms with Crippen LogP contribution in [0.1, 0.15) is 54.9 Å². The number of nitrogens with two attached hydrogens (primary N) is 2. The Bertz CT molecular complexity index is 656. The standard InChI is InChI=1S/C21H42N4O7/c1-11(31-9-8-19(2,3)18(30)25-23)21(6,7)20(4,5)10-24-17(29)15-13(27)12(26)14(28)16(22)32-15/h11-16,26-28H,8-10,22-23H2,1-7H3,(H,24,29)(H,25,30). The highest BCUT2D eigenvalue weighted by atomic mass is 16.5. The molecule has 0 bridgehead atoms. The zero-order chi connectivity index (χ0) is 25.1. The third-order valence-corrected chi connectivity index (χ3v) is 7.21. The molecule has 6 unspecified atom stereocenters. The number of hydrazine groups is 1. The molecule has 0 aliphatic carbocycles. The maximum Gasteiger partial charge on any atom is 0.252 e. The van der Waals surface area contributed by atoms with E-state index in [4.69, 9.17) is 21.1 Å². The van der Waals surface area contributed by atoms with Crippen molar-refractivity contribution in [2.75, 3.05) is 13.2 Å². The van der Waals surface area contributed by atoms with Crippen LogP contribution < -0.4 is 22.3 Å². The normalized spacial score (nSPS) is 28.2. The van der Waals surface area contributed by atoms with Crippen molar-refractivity contribution in [3.8, 4) is 0 Å². The predicted molar refractivity (Wildman–Crippen MR) is 118 cm³/mol. The maximum atomic E-state index is 12.6. The van der Waals surface area contributed by atoms with E-state index in [-0.39, 0.29) is 18.6 Å². The zero-order valence-electron chi connectivity index (χ0n) is 20.2. The van der Waals surface area contributed by atoms with Gasteiger partial charge in [-0.25, -0.2) is 5.84 Å². The lowest BCUT2D eigenvalue weighted by molar-refractivity contribution is -0.219. The second kappa shape index (κ2) is 10.7. The first-order valence-electron chi connectivity index (χ1n) is 10.8. The highest BCUT2D eigenvalue weighted by Gasteiger charge is 2.47. The minimum atomic E-state index is -1.60. The number of carbonyl (C=O) groups is 2. The Morgan fingerprint density at radius 1 is 1.06 bits per heavy atom. The fourth-order valence-electron chi connectivity index (χ4n) is 3.32. The van der Waals surface area contributed by atoms with Crippen LogP contribution in [0.25, 0.3) is 0 Å². The second-order valence-electron chi connectivity index (χ2n) is 10.4. The van der Waals surface area contributed by atoms with Gasteiger partial charge in [-0.1, -0.05) is 41.5 Å². The molecule has 1 rings (SSSR count). The summed E-state index contributed by atoms with van der Waals surface area (Å²) < 4.78 is 11.2. The summed E-state index contributed by atoms with van der Waals surface area (Å²) in [5.41, 5.74) is 6.22. The van der Waals surface area contributed by atoms with Gasteiger partial charge in [-0.3, -0.25) is 15.0 Å². The summed E-state index contributed by atoms with van der Waals surface area (Å²) >= 11 is 0. The SMILES string of the molecule is CC(OCCC(C)(C)C(=O)NN)C(C)(C)C(C)(C)CNC(=O)C1OC(N)C(O)C(O)C1O. The second-order valence-corrected chi connectivity index (χ2v) is 10.4. The van der Waals surface area contributed by atoms with Crippen molar-refractivity contribution in [1.82, 2.24) is 10.7 Å². The Balaban J connectivity index is 2.70. The van der Waals surface area contributed by atoms with Crippen LogP contribution in [0.5, 0.6) is 0 Å². The Hall–Kier alpha value is -1.34. The fourth-order valence-corrected chi connectivity index (χ4v) is 3.32. The van der Waals surface area contributed by atoms with E-state index in [0.717, 1.165) is 0 Å². The van der Waals surface area contributed by atoms with Gasteiger partial charge in [0.05, 0.1) is 6.10 Å². The molecule has 1 heterocycles. The molecule has 1 aliphatic rings. The van der Waals surface area contributed by atoms with Gasteiger partial charge in [0.15, 0.2) is 6.10 Å². The minimum absolute atomic E-state index is 0.215. The molecule has 11 nitrogen and oxygen atoms in total. The topological polar surface area (TPSA) is 189 Å². The molecule has 9 N–H and O–H groups in total. The summed E-state index contributed by atoms with van der Waals surface area (Å²) in [6.07, 6.45) is -7.08. The summed E-state index contributed by atoms with van der Waals surface area (Å²) in [6, 6.07) is 0. The number of amides is 2. The average Bonchev–Trinajstić information content (AvgIpc) is 2.71. The van der Waals surface area contributed by atoms with Crippen molar-refractivity contribution >= 4 is 11.8 Å². The number of hydrogen-bond acceptors (Lipinski definition) is 9. The molecule has 1 saturated heterocycles. The molecule has 1 aliphatic heterocycles. The van der Waals surface area contributed by atoms with E-state index >= 15 is 0 Å². The van der Waals surface area contributed by atoms with Gasteiger partial charge in [0.2, 0.25) is 5.91 Å². The molecule has 0 aromatic carbocycles. The first kappa shape index (κ1) is 28.7. The molecular weight excluding hydrogens is 420 g/mol. The van der Waals surface area contributed by atoms with Gasteiger partial charge >= 0.3 is 0 Å². The lowest BCUT2D eigenvalue weighted by Crippen LogP contribution is -2.64. The first-order valence-corrected chi connectivity index (χ1v) is 10.8. The summed E-state index contributed by atoms with van der Waals surface area (Å²) in [5.74, 6) is 4.33.